The smallest absolute Gasteiger partial charge is 0.246 e. The van der Waals surface area contributed by atoms with Crippen molar-refractivity contribution in [1.29, 1.82) is 0 Å². The Kier molecular flexibility index (Phi) is 9.58. The van der Waals surface area contributed by atoms with Crippen LogP contribution in [0.5, 0.6) is 0 Å². The van der Waals surface area contributed by atoms with E-state index < -0.39 is 6.10 Å². The number of benzene rings is 1. The molecular weight excluding hydrogens is 465 g/mol. The van der Waals surface area contributed by atoms with Crippen molar-refractivity contribution in [3.05, 3.63) is 39.9 Å². The Morgan fingerprint density at radius 2 is 2.00 bits per heavy atom. The van der Waals surface area contributed by atoms with Crippen LogP contribution >= 0.6 is 23.2 Å². The number of β-amino-alcohol motifs (C(OH)–C–C–N with tert-alkyl or cyclic N) is 1. The number of hydrogen-bond acceptors (Lipinski definition) is 5. The van der Waals surface area contributed by atoms with Gasteiger partial charge in [-0.1, -0.05) is 36.2 Å². The van der Waals surface area contributed by atoms with Crippen molar-refractivity contribution in [2.45, 2.75) is 38.4 Å². The third-order valence-corrected chi connectivity index (χ3v) is 7.15. The summed E-state index contributed by atoms with van der Waals surface area (Å²) in [6, 6.07) is 5.16. The highest BCUT2D eigenvalue weighted by atomic mass is 35.5. The fourth-order valence-electron chi connectivity index (χ4n) is 4.29. The minimum atomic E-state index is -0.532. The van der Waals surface area contributed by atoms with Crippen molar-refractivity contribution in [2.24, 2.45) is 5.92 Å². The summed E-state index contributed by atoms with van der Waals surface area (Å²) in [4.78, 5) is 30.7. The monoisotopic (exact) mass is 497 g/mol. The molecule has 2 heterocycles. The lowest BCUT2D eigenvalue weighted by atomic mass is 9.96. The predicted molar refractivity (Wildman–Crippen MR) is 130 cm³/mol. The molecule has 2 N–H and O–H groups in total. The third-order valence-electron chi connectivity index (χ3n) is 6.41. The Bertz CT molecular complexity index is 866. The molecule has 9 heteroatoms. The van der Waals surface area contributed by atoms with Crippen LogP contribution in [0.3, 0.4) is 0 Å². The summed E-state index contributed by atoms with van der Waals surface area (Å²) in [6.07, 6.45) is 3.86. The number of hydrogen-bond donors (Lipinski definition) is 2. The Hall–Kier alpha value is -1.64. The van der Waals surface area contributed by atoms with Crippen LogP contribution in [0.1, 0.15) is 31.7 Å². The molecule has 0 aliphatic carbocycles. The van der Waals surface area contributed by atoms with Gasteiger partial charge in [-0.2, -0.15) is 0 Å². The molecule has 2 fully saturated rings. The summed E-state index contributed by atoms with van der Waals surface area (Å²) < 4.78 is 0. The van der Waals surface area contributed by atoms with Crippen molar-refractivity contribution in [3.63, 3.8) is 0 Å². The SMILES string of the molecule is C[C@@H]1CN(CC(O)CCN2CCN(C(=O)/C=C/c3ccc(Cl)c(Cl)c3)CCC2=O)CC[C@H]1O. The first-order chi connectivity index (χ1) is 15.7. The molecule has 0 aromatic heterocycles. The van der Waals surface area contributed by atoms with Gasteiger partial charge in [0.05, 0.1) is 22.3 Å². The largest absolute Gasteiger partial charge is 0.393 e. The molecular formula is C24H33Cl2N3O4. The van der Waals surface area contributed by atoms with Crippen molar-refractivity contribution in [3.8, 4) is 0 Å². The highest BCUT2D eigenvalue weighted by Gasteiger charge is 2.27. The lowest BCUT2D eigenvalue weighted by Gasteiger charge is -2.35. The van der Waals surface area contributed by atoms with E-state index in [2.05, 4.69) is 4.90 Å². The molecule has 2 aliphatic rings. The highest BCUT2D eigenvalue weighted by molar-refractivity contribution is 6.42. The van der Waals surface area contributed by atoms with Crippen LogP contribution in [0.2, 0.25) is 10.0 Å². The summed E-state index contributed by atoms with van der Waals surface area (Å²) in [7, 11) is 0. The first-order valence-corrected chi connectivity index (χ1v) is 12.3. The average Bonchev–Trinajstić information content (AvgIpc) is 2.97. The molecule has 1 aromatic rings. The molecule has 0 spiro atoms. The third kappa shape index (κ3) is 7.69. The summed E-state index contributed by atoms with van der Waals surface area (Å²) in [5.41, 5.74) is 0.775. The number of carbonyl (C=O) groups is 2. The zero-order chi connectivity index (χ0) is 24.0. The van der Waals surface area contributed by atoms with Crippen molar-refractivity contribution >= 4 is 41.1 Å². The van der Waals surface area contributed by atoms with Crippen LogP contribution in [0.15, 0.2) is 24.3 Å². The maximum absolute atomic E-state index is 12.6. The van der Waals surface area contributed by atoms with E-state index in [4.69, 9.17) is 23.2 Å². The molecule has 2 aliphatic heterocycles. The molecule has 3 atom stereocenters. The molecule has 2 saturated heterocycles. The number of rotatable bonds is 7. The van der Waals surface area contributed by atoms with Crippen LogP contribution in [0, 0.1) is 5.92 Å². The first kappa shape index (κ1) is 26.0. The van der Waals surface area contributed by atoms with Gasteiger partial charge in [0, 0.05) is 58.3 Å². The number of carbonyl (C=O) groups excluding carboxylic acids is 2. The van der Waals surface area contributed by atoms with Crippen LogP contribution in [0.4, 0.5) is 0 Å². The zero-order valence-electron chi connectivity index (χ0n) is 19.0. The summed E-state index contributed by atoms with van der Waals surface area (Å²) in [5, 5.41) is 21.2. The topological polar surface area (TPSA) is 84.3 Å². The first-order valence-electron chi connectivity index (χ1n) is 11.5. The molecule has 1 unspecified atom stereocenters. The van der Waals surface area contributed by atoms with Gasteiger partial charge in [0.15, 0.2) is 0 Å². The van der Waals surface area contributed by atoms with Crippen molar-refractivity contribution in [1.82, 2.24) is 14.7 Å². The van der Waals surface area contributed by atoms with Crippen molar-refractivity contribution in [2.75, 3.05) is 45.8 Å². The maximum Gasteiger partial charge on any atom is 0.246 e. The van der Waals surface area contributed by atoms with E-state index in [0.29, 0.717) is 49.2 Å². The van der Waals surface area contributed by atoms with Gasteiger partial charge in [-0.3, -0.25) is 9.59 Å². The summed E-state index contributed by atoms with van der Waals surface area (Å²) >= 11 is 11.9. The van der Waals surface area contributed by atoms with Gasteiger partial charge in [-0.15, -0.1) is 0 Å². The van der Waals surface area contributed by atoms with E-state index in [-0.39, 0.29) is 30.3 Å². The van der Waals surface area contributed by atoms with E-state index in [1.807, 2.05) is 6.92 Å². The molecule has 1 aromatic carbocycles. The van der Waals surface area contributed by atoms with E-state index in [1.54, 1.807) is 34.1 Å². The highest BCUT2D eigenvalue weighted by Crippen LogP contribution is 2.23. The van der Waals surface area contributed by atoms with E-state index in [9.17, 15) is 19.8 Å². The number of aliphatic hydroxyl groups excluding tert-OH is 2. The number of aliphatic hydroxyl groups is 2. The van der Waals surface area contributed by atoms with Gasteiger partial charge in [0.2, 0.25) is 11.8 Å². The minimum Gasteiger partial charge on any atom is -0.393 e. The standard InChI is InChI=1S/C24H33Cl2N3O4/c1-17-15-27(9-7-22(17)31)16-19(30)6-10-28-12-13-29(11-8-24(28)33)23(32)5-3-18-2-4-20(25)21(26)14-18/h2-5,14,17,19,22,30-31H,6-13,15-16H2,1H3/b5-3+/t17-,19?,22-/m1/s1. The fourth-order valence-corrected chi connectivity index (χ4v) is 4.60. The second-order valence-corrected chi connectivity index (χ2v) is 9.81. The van der Waals surface area contributed by atoms with Crippen LogP contribution in [-0.2, 0) is 9.59 Å². The molecule has 2 amide bonds. The molecule has 33 heavy (non-hydrogen) atoms. The number of amides is 2. The van der Waals surface area contributed by atoms with Gasteiger partial charge in [-0.25, -0.2) is 0 Å². The molecule has 182 valence electrons. The van der Waals surface area contributed by atoms with E-state index in [0.717, 1.165) is 25.1 Å². The van der Waals surface area contributed by atoms with Gasteiger partial charge in [0.25, 0.3) is 0 Å². The summed E-state index contributed by atoms with van der Waals surface area (Å²) in [6.45, 7) is 5.85. The van der Waals surface area contributed by atoms with Crippen LogP contribution < -0.4 is 0 Å². The molecule has 3 rings (SSSR count). The quantitative estimate of drug-likeness (QED) is 0.565. The maximum atomic E-state index is 12.6. The van der Waals surface area contributed by atoms with E-state index >= 15 is 0 Å². The predicted octanol–water partition coefficient (Wildman–Crippen LogP) is 2.52. The molecule has 7 nitrogen and oxygen atoms in total. The number of piperidine rings is 1. The lowest BCUT2D eigenvalue weighted by Crippen LogP contribution is -2.45. The number of nitrogens with zero attached hydrogens (tertiary/aromatic N) is 3. The Labute approximate surface area is 205 Å². The Morgan fingerprint density at radius 3 is 2.73 bits per heavy atom. The van der Waals surface area contributed by atoms with Gasteiger partial charge >= 0.3 is 0 Å². The summed E-state index contributed by atoms with van der Waals surface area (Å²) in [5.74, 6) is 0.0465. The van der Waals surface area contributed by atoms with Gasteiger partial charge in [0.1, 0.15) is 0 Å². The Balaban J connectivity index is 1.45. The van der Waals surface area contributed by atoms with Gasteiger partial charge < -0.3 is 24.9 Å². The zero-order valence-corrected chi connectivity index (χ0v) is 20.5. The average molecular weight is 498 g/mol. The van der Waals surface area contributed by atoms with E-state index in [1.165, 1.54) is 6.08 Å². The second kappa shape index (κ2) is 12.2. The van der Waals surface area contributed by atoms with Gasteiger partial charge in [-0.05, 0) is 42.5 Å². The molecule has 0 bridgehead atoms. The normalized spacial score (nSPS) is 23.7. The lowest BCUT2D eigenvalue weighted by molar-refractivity contribution is -0.130. The second-order valence-electron chi connectivity index (χ2n) is 9.00. The fraction of sp³-hybridized carbons (Fsp3) is 0.583. The van der Waals surface area contributed by atoms with Crippen LogP contribution in [0.25, 0.3) is 6.08 Å². The van der Waals surface area contributed by atoms with Crippen LogP contribution in [-0.4, -0.2) is 94.7 Å². The Morgan fingerprint density at radius 1 is 1.21 bits per heavy atom. The minimum absolute atomic E-state index is 0.000629. The molecule has 0 saturated carbocycles. The van der Waals surface area contributed by atoms with Crippen molar-refractivity contribution < 1.29 is 19.8 Å². The molecule has 0 radical (unpaired) electrons. The number of likely N-dealkylation sites (tertiary alicyclic amines) is 1. The number of halogens is 2.